The highest BCUT2D eigenvalue weighted by atomic mass is 32.1. The fraction of sp³-hybridized carbons (Fsp3) is 0.100. The van der Waals surface area contributed by atoms with Gasteiger partial charge in [-0.2, -0.15) is 0 Å². The van der Waals surface area contributed by atoms with Gasteiger partial charge in [0.25, 0.3) is 5.56 Å². The van der Waals surface area contributed by atoms with E-state index in [1.54, 1.807) is 12.1 Å². The van der Waals surface area contributed by atoms with Crippen molar-refractivity contribution < 1.29 is 9.84 Å². The van der Waals surface area contributed by atoms with Crippen LogP contribution in [0.15, 0.2) is 59.4 Å². The van der Waals surface area contributed by atoms with E-state index in [-0.39, 0.29) is 11.3 Å². The van der Waals surface area contributed by atoms with E-state index in [1.807, 2.05) is 43.3 Å². The highest BCUT2D eigenvalue weighted by molar-refractivity contribution is 7.21. The minimum absolute atomic E-state index is 0.0570. The Morgan fingerprint density at radius 3 is 2.69 bits per heavy atom. The Bertz CT molecular complexity index is 1130. The van der Waals surface area contributed by atoms with E-state index < -0.39 is 0 Å². The van der Waals surface area contributed by atoms with Crippen LogP contribution >= 0.6 is 11.3 Å². The van der Waals surface area contributed by atoms with Crippen molar-refractivity contribution in [1.29, 1.82) is 0 Å². The highest BCUT2D eigenvalue weighted by Crippen LogP contribution is 2.33. The van der Waals surface area contributed by atoms with Crippen molar-refractivity contribution in [2.24, 2.45) is 0 Å². The number of phenolic OH excluding ortho intramolecular Hbond substituents is 1. The molecule has 2 aromatic carbocycles. The van der Waals surface area contributed by atoms with Crippen molar-refractivity contribution >= 4 is 21.6 Å². The first kappa shape index (κ1) is 16.4. The molecule has 0 spiro atoms. The smallest absolute Gasteiger partial charge is 0.259 e. The van der Waals surface area contributed by atoms with Crippen molar-refractivity contribution in [1.82, 2.24) is 9.97 Å². The summed E-state index contributed by atoms with van der Waals surface area (Å²) in [5, 5.41) is 10.4. The van der Waals surface area contributed by atoms with Crippen LogP contribution < -0.4 is 10.3 Å². The van der Waals surface area contributed by atoms with Crippen molar-refractivity contribution in [3.63, 3.8) is 0 Å². The number of fused-ring (bicyclic) bond motifs is 1. The van der Waals surface area contributed by atoms with Crippen LogP contribution in [0.25, 0.3) is 32.0 Å². The minimum atomic E-state index is -0.186. The number of benzene rings is 2. The summed E-state index contributed by atoms with van der Waals surface area (Å²) in [5.74, 6) is 0.871. The van der Waals surface area contributed by atoms with E-state index in [0.717, 1.165) is 10.4 Å². The fourth-order valence-corrected chi connectivity index (χ4v) is 3.78. The van der Waals surface area contributed by atoms with Crippen LogP contribution in [0.2, 0.25) is 0 Å². The summed E-state index contributed by atoms with van der Waals surface area (Å²) in [6.45, 7) is 2.28. The number of thiophene rings is 1. The molecule has 5 nitrogen and oxygen atoms in total. The maximum atomic E-state index is 12.5. The van der Waals surface area contributed by atoms with Crippen molar-refractivity contribution in [3.8, 4) is 33.3 Å². The van der Waals surface area contributed by atoms with Gasteiger partial charge in [-0.25, -0.2) is 4.98 Å². The van der Waals surface area contributed by atoms with E-state index in [1.165, 1.54) is 17.4 Å². The average molecular weight is 364 g/mol. The number of hydrogen-bond donors (Lipinski definition) is 2. The molecule has 4 rings (SSSR count). The van der Waals surface area contributed by atoms with Crippen molar-refractivity contribution in [3.05, 3.63) is 65.0 Å². The summed E-state index contributed by atoms with van der Waals surface area (Å²) < 4.78 is 5.41. The number of aromatic hydroxyl groups is 1. The number of nitrogens with one attached hydrogen (secondary N) is 1. The van der Waals surface area contributed by atoms with E-state index in [4.69, 9.17) is 4.74 Å². The summed E-state index contributed by atoms with van der Waals surface area (Å²) in [6, 6.07) is 16.7. The maximum absolute atomic E-state index is 12.5. The van der Waals surface area contributed by atoms with Crippen LogP contribution in [0.4, 0.5) is 0 Å². The molecule has 26 heavy (non-hydrogen) atoms. The Labute approximate surface area is 153 Å². The van der Waals surface area contributed by atoms with Crippen LogP contribution in [0.5, 0.6) is 11.5 Å². The Morgan fingerprint density at radius 1 is 1.12 bits per heavy atom. The standard InChI is InChI=1S/C20H16N2O3S/c1-2-25-16-10-13(8-9-15(16)23)18-21-19(24)14-11-17(26-20(14)22-18)12-6-4-3-5-7-12/h3-11,23H,2H2,1H3,(H,21,22,24). The van der Waals surface area contributed by atoms with Crippen molar-refractivity contribution in [2.75, 3.05) is 6.61 Å². The number of rotatable bonds is 4. The van der Waals surface area contributed by atoms with Gasteiger partial charge in [0, 0.05) is 10.4 Å². The Hall–Kier alpha value is -3.12. The quantitative estimate of drug-likeness (QED) is 0.562. The highest BCUT2D eigenvalue weighted by Gasteiger charge is 2.13. The molecule has 0 bridgehead atoms. The monoisotopic (exact) mass is 364 g/mol. The Balaban J connectivity index is 1.83. The first-order chi connectivity index (χ1) is 12.7. The third-order valence-electron chi connectivity index (χ3n) is 3.99. The summed E-state index contributed by atoms with van der Waals surface area (Å²) in [6.07, 6.45) is 0. The molecular formula is C20H16N2O3S. The fourth-order valence-electron chi connectivity index (χ4n) is 2.75. The number of H-pyrrole nitrogens is 1. The second-order valence-electron chi connectivity index (χ2n) is 5.73. The molecule has 0 atom stereocenters. The lowest BCUT2D eigenvalue weighted by Crippen LogP contribution is -2.08. The number of aromatic nitrogens is 2. The van der Waals surface area contributed by atoms with Gasteiger partial charge >= 0.3 is 0 Å². The van der Waals surface area contributed by atoms with E-state index in [9.17, 15) is 9.90 Å². The predicted octanol–water partition coefficient (Wildman–Crippen LogP) is 4.42. The topological polar surface area (TPSA) is 75.2 Å². The summed E-state index contributed by atoms with van der Waals surface area (Å²) in [5.41, 5.74) is 1.55. The molecule has 0 saturated carbocycles. The van der Waals surface area contributed by atoms with Gasteiger partial charge < -0.3 is 14.8 Å². The lowest BCUT2D eigenvalue weighted by atomic mass is 10.1. The molecule has 130 valence electrons. The van der Waals surface area contributed by atoms with Crippen LogP contribution in [0, 0.1) is 0 Å². The van der Waals surface area contributed by atoms with Crippen molar-refractivity contribution in [2.45, 2.75) is 6.92 Å². The zero-order chi connectivity index (χ0) is 18.1. The molecular weight excluding hydrogens is 348 g/mol. The van der Waals surface area contributed by atoms with Gasteiger partial charge in [-0.3, -0.25) is 4.79 Å². The second kappa shape index (κ2) is 6.65. The largest absolute Gasteiger partial charge is 0.504 e. The van der Waals surface area contributed by atoms with Crippen LogP contribution in [-0.2, 0) is 0 Å². The van der Waals surface area contributed by atoms with Gasteiger partial charge in [0.2, 0.25) is 0 Å². The molecule has 0 unspecified atom stereocenters. The van der Waals surface area contributed by atoms with Gasteiger partial charge in [0.05, 0.1) is 12.0 Å². The molecule has 0 fully saturated rings. The molecule has 2 N–H and O–H groups in total. The first-order valence-electron chi connectivity index (χ1n) is 8.21. The number of phenols is 1. The molecule has 2 aromatic heterocycles. The Kier molecular flexibility index (Phi) is 4.18. The van der Waals surface area contributed by atoms with Gasteiger partial charge in [-0.1, -0.05) is 30.3 Å². The van der Waals surface area contributed by atoms with Crippen LogP contribution in [-0.4, -0.2) is 21.7 Å². The van der Waals surface area contributed by atoms with Gasteiger partial charge in [-0.05, 0) is 36.8 Å². The summed E-state index contributed by atoms with van der Waals surface area (Å²) in [4.78, 5) is 21.6. The number of nitrogens with zero attached hydrogens (tertiary/aromatic N) is 1. The van der Waals surface area contributed by atoms with Gasteiger partial charge in [0.1, 0.15) is 10.7 Å². The first-order valence-corrected chi connectivity index (χ1v) is 9.03. The van der Waals surface area contributed by atoms with E-state index >= 15 is 0 Å². The predicted molar refractivity (Wildman–Crippen MR) is 104 cm³/mol. The zero-order valence-electron chi connectivity index (χ0n) is 14.0. The molecule has 0 radical (unpaired) electrons. The second-order valence-corrected chi connectivity index (χ2v) is 6.76. The maximum Gasteiger partial charge on any atom is 0.259 e. The van der Waals surface area contributed by atoms with Crippen LogP contribution in [0.1, 0.15) is 6.92 Å². The third kappa shape index (κ3) is 2.95. The lowest BCUT2D eigenvalue weighted by molar-refractivity contribution is 0.318. The average Bonchev–Trinajstić information content (AvgIpc) is 3.09. The number of aromatic amines is 1. The van der Waals surface area contributed by atoms with Crippen LogP contribution in [0.3, 0.4) is 0 Å². The minimum Gasteiger partial charge on any atom is -0.504 e. The number of hydrogen-bond acceptors (Lipinski definition) is 5. The molecule has 0 saturated heterocycles. The number of ether oxygens (including phenoxy) is 1. The lowest BCUT2D eigenvalue weighted by Gasteiger charge is -2.08. The molecule has 0 aliphatic carbocycles. The van der Waals surface area contributed by atoms with Gasteiger partial charge in [-0.15, -0.1) is 11.3 Å². The summed E-state index contributed by atoms with van der Waals surface area (Å²) in [7, 11) is 0. The zero-order valence-corrected chi connectivity index (χ0v) is 14.8. The molecule has 0 amide bonds. The van der Waals surface area contributed by atoms with E-state index in [0.29, 0.717) is 34.0 Å². The molecule has 2 heterocycles. The van der Waals surface area contributed by atoms with E-state index in [2.05, 4.69) is 9.97 Å². The third-order valence-corrected chi connectivity index (χ3v) is 5.07. The van der Waals surface area contributed by atoms with Gasteiger partial charge in [0.15, 0.2) is 11.5 Å². The molecule has 0 aliphatic rings. The SMILES string of the molecule is CCOc1cc(-c2nc3sc(-c4ccccc4)cc3c(=O)[nH]2)ccc1O. The Morgan fingerprint density at radius 2 is 1.92 bits per heavy atom. The normalized spacial score (nSPS) is 11.0. The molecule has 0 aliphatic heterocycles. The summed E-state index contributed by atoms with van der Waals surface area (Å²) >= 11 is 1.48. The molecule has 4 aromatic rings. The molecule has 6 heteroatoms.